The summed E-state index contributed by atoms with van der Waals surface area (Å²) in [6.45, 7) is 0.645. The Hall–Kier alpha value is -0.0600. The molecule has 1 unspecified atom stereocenters. The van der Waals surface area contributed by atoms with Gasteiger partial charge >= 0.3 is 0 Å². The van der Waals surface area contributed by atoms with Crippen molar-refractivity contribution in [3.05, 3.63) is 33.3 Å². The van der Waals surface area contributed by atoms with E-state index in [1.165, 1.54) is 12.8 Å². The van der Waals surface area contributed by atoms with Gasteiger partial charge in [-0.15, -0.1) is 0 Å². The fraction of sp³-hybridized carbons (Fsp3) is 0.417. The predicted molar refractivity (Wildman–Crippen MR) is 76.9 cm³/mol. The lowest BCUT2D eigenvalue weighted by atomic mass is 10.2. The smallest absolute Gasteiger partial charge is 0.252 e. The van der Waals surface area contributed by atoms with Crippen LogP contribution in [-0.4, -0.2) is 17.3 Å². The summed E-state index contributed by atoms with van der Waals surface area (Å²) in [5, 5.41) is 3.36. The van der Waals surface area contributed by atoms with Crippen molar-refractivity contribution >= 4 is 49.4 Å². The van der Waals surface area contributed by atoms with Crippen molar-refractivity contribution in [2.24, 2.45) is 5.92 Å². The normalized spacial score (nSPS) is 16.6. The zero-order chi connectivity index (χ0) is 12.4. The van der Waals surface area contributed by atoms with Crippen LogP contribution in [0.15, 0.2) is 22.7 Å². The summed E-state index contributed by atoms with van der Waals surface area (Å²) in [6.07, 6.45) is 2.51. The van der Waals surface area contributed by atoms with Gasteiger partial charge < -0.3 is 5.32 Å². The maximum Gasteiger partial charge on any atom is 0.252 e. The number of hydrogen-bond donors (Lipinski definition) is 1. The van der Waals surface area contributed by atoms with Crippen LogP contribution in [0, 0.1) is 5.92 Å². The van der Waals surface area contributed by atoms with Crippen LogP contribution in [-0.2, 0) is 0 Å². The molecular formula is C12H12Br2ClNO. The average molecular weight is 381 g/mol. The van der Waals surface area contributed by atoms with Gasteiger partial charge in [0.15, 0.2) is 0 Å². The Labute approximate surface area is 122 Å². The number of nitrogens with one attached hydrogen (secondary N) is 1. The maximum atomic E-state index is 11.9. The van der Waals surface area contributed by atoms with Crippen LogP contribution in [0.5, 0.6) is 0 Å². The van der Waals surface area contributed by atoms with E-state index in [0.717, 1.165) is 4.47 Å². The summed E-state index contributed by atoms with van der Waals surface area (Å²) in [4.78, 5) is 12.3. The van der Waals surface area contributed by atoms with E-state index in [0.29, 0.717) is 27.9 Å². The molecule has 1 aromatic carbocycles. The molecule has 1 aliphatic rings. The van der Waals surface area contributed by atoms with Crippen LogP contribution >= 0.6 is 43.5 Å². The molecule has 1 aromatic rings. The Balaban J connectivity index is 1.96. The topological polar surface area (TPSA) is 29.1 Å². The molecule has 0 aliphatic heterocycles. The van der Waals surface area contributed by atoms with Crippen molar-refractivity contribution in [3.63, 3.8) is 0 Å². The van der Waals surface area contributed by atoms with Crippen LogP contribution in [0.1, 0.15) is 23.2 Å². The second-order valence-electron chi connectivity index (χ2n) is 4.16. The van der Waals surface area contributed by atoms with Crippen LogP contribution in [0.4, 0.5) is 0 Å². The molecule has 2 nitrogen and oxygen atoms in total. The monoisotopic (exact) mass is 379 g/mol. The van der Waals surface area contributed by atoms with Gasteiger partial charge in [-0.05, 0) is 46.8 Å². The van der Waals surface area contributed by atoms with Gasteiger partial charge in [0, 0.05) is 15.8 Å². The molecule has 0 spiro atoms. The van der Waals surface area contributed by atoms with E-state index in [4.69, 9.17) is 11.6 Å². The lowest BCUT2D eigenvalue weighted by Gasteiger charge is -2.11. The van der Waals surface area contributed by atoms with Gasteiger partial charge in [0.2, 0.25) is 0 Å². The van der Waals surface area contributed by atoms with E-state index in [-0.39, 0.29) is 5.91 Å². The molecule has 1 fully saturated rings. The maximum absolute atomic E-state index is 11.9. The number of hydrogen-bond acceptors (Lipinski definition) is 1. The molecule has 0 bridgehead atoms. The first-order valence-electron chi connectivity index (χ1n) is 5.46. The third-order valence-electron chi connectivity index (χ3n) is 2.79. The highest BCUT2D eigenvalue weighted by atomic mass is 79.9. The minimum Gasteiger partial charge on any atom is -0.351 e. The van der Waals surface area contributed by atoms with Crippen LogP contribution in [0.2, 0.25) is 5.02 Å². The van der Waals surface area contributed by atoms with Crippen molar-refractivity contribution in [1.29, 1.82) is 0 Å². The molecule has 1 amide bonds. The summed E-state index contributed by atoms with van der Waals surface area (Å²) in [6, 6.07) is 5.34. The predicted octanol–water partition coefficient (Wildman–Crippen LogP) is 4.01. The van der Waals surface area contributed by atoms with Gasteiger partial charge in [-0.3, -0.25) is 4.79 Å². The Morgan fingerprint density at radius 3 is 2.88 bits per heavy atom. The van der Waals surface area contributed by atoms with Crippen molar-refractivity contribution in [2.45, 2.75) is 17.7 Å². The second kappa shape index (κ2) is 5.72. The Morgan fingerprint density at radius 2 is 2.24 bits per heavy atom. The highest BCUT2D eigenvalue weighted by Crippen LogP contribution is 2.36. The largest absolute Gasteiger partial charge is 0.351 e. The van der Waals surface area contributed by atoms with Gasteiger partial charge in [-0.1, -0.05) is 33.6 Å². The lowest BCUT2D eigenvalue weighted by Crippen LogP contribution is -2.30. The molecule has 1 N–H and O–H groups in total. The first-order chi connectivity index (χ1) is 8.09. The second-order valence-corrected chi connectivity index (χ2v) is 6.57. The molecular weight excluding hydrogens is 369 g/mol. The number of amides is 1. The van der Waals surface area contributed by atoms with Gasteiger partial charge in [-0.2, -0.15) is 0 Å². The lowest BCUT2D eigenvalue weighted by molar-refractivity contribution is 0.0953. The third-order valence-corrected chi connectivity index (χ3v) is 5.16. The highest BCUT2D eigenvalue weighted by Gasteiger charge is 2.29. The summed E-state index contributed by atoms with van der Waals surface area (Å²) >= 11 is 12.9. The number of carbonyl (C=O) groups excluding carboxylic acids is 1. The summed E-state index contributed by atoms with van der Waals surface area (Å²) in [5.41, 5.74) is 0.511. The van der Waals surface area contributed by atoms with Crippen LogP contribution in [0.25, 0.3) is 0 Å². The standard InChI is InChI=1S/C12H12Br2ClNO/c13-9-3-1-2-8(11(9)15)12(17)16-6-10(14)7-4-5-7/h1-3,7,10H,4-6H2,(H,16,17). The number of alkyl halides is 1. The van der Waals surface area contributed by atoms with Crippen LogP contribution < -0.4 is 5.32 Å². The van der Waals surface area contributed by atoms with E-state index in [1.54, 1.807) is 12.1 Å². The minimum absolute atomic E-state index is 0.124. The van der Waals surface area contributed by atoms with Gasteiger partial charge in [-0.25, -0.2) is 0 Å². The molecule has 1 atom stereocenters. The van der Waals surface area contributed by atoms with Gasteiger partial charge in [0.25, 0.3) is 5.91 Å². The first kappa shape index (κ1) is 13.4. The van der Waals surface area contributed by atoms with E-state index < -0.39 is 0 Å². The molecule has 17 heavy (non-hydrogen) atoms. The Bertz CT molecular complexity index is 435. The Kier molecular flexibility index (Phi) is 4.50. The fourth-order valence-corrected chi connectivity index (χ4v) is 2.86. The molecule has 1 saturated carbocycles. The molecule has 0 aromatic heterocycles. The average Bonchev–Trinajstić information content (AvgIpc) is 3.13. The van der Waals surface area contributed by atoms with E-state index in [1.807, 2.05) is 6.07 Å². The highest BCUT2D eigenvalue weighted by molar-refractivity contribution is 9.10. The number of rotatable bonds is 4. The SMILES string of the molecule is O=C(NCC(Br)C1CC1)c1cccc(Br)c1Cl. The zero-order valence-corrected chi connectivity index (χ0v) is 13.0. The Morgan fingerprint density at radius 1 is 1.53 bits per heavy atom. The van der Waals surface area contributed by atoms with Crippen molar-refractivity contribution in [3.8, 4) is 0 Å². The number of halogens is 3. The van der Waals surface area contributed by atoms with Gasteiger partial charge in [0.05, 0.1) is 10.6 Å². The summed E-state index contributed by atoms with van der Waals surface area (Å²) in [5.74, 6) is 0.592. The van der Waals surface area contributed by atoms with Crippen molar-refractivity contribution in [2.75, 3.05) is 6.54 Å². The van der Waals surface area contributed by atoms with Crippen molar-refractivity contribution in [1.82, 2.24) is 5.32 Å². The molecule has 0 heterocycles. The minimum atomic E-state index is -0.124. The summed E-state index contributed by atoms with van der Waals surface area (Å²) in [7, 11) is 0. The van der Waals surface area contributed by atoms with E-state index in [2.05, 4.69) is 37.2 Å². The molecule has 5 heteroatoms. The molecule has 0 radical (unpaired) electrons. The van der Waals surface area contributed by atoms with Crippen LogP contribution in [0.3, 0.4) is 0 Å². The van der Waals surface area contributed by atoms with E-state index >= 15 is 0 Å². The van der Waals surface area contributed by atoms with Gasteiger partial charge in [0.1, 0.15) is 0 Å². The molecule has 1 aliphatic carbocycles. The zero-order valence-electron chi connectivity index (χ0n) is 9.05. The fourth-order valence-electron chi connectivity index (χ4n) is 1.59. The first-order valence-corrected chi connectivity index (χ1v) is 7.54. The number of benzene rings is 1. The number of carbonyl (C=O) groups is 1. The van der Waals surface area contributed by atoms with E-state index in [9.17, 15) is 4.79 Å². The third kappa shape index (κ3) is 3.46. The van der Waals surface area contributed by atoms with Crippen molar-refractivity contribution < 1.29 is 4.79 Å². The molecule has 0 saturated heterocycles. The molecule has 92 valence electrons. The molecule has 2 rings (SSSR count). The quantitative estimate of drug-likeness (QED) is 0.785. The summed E-state index contributed by atoms with van der Waals surface area (Å²) < 4.78 is 0.740.